The molecule has 2 rings (SSSR count). The van der Waals surface area contributed by atoms with Crippen molar-refractivity contribution in [2.24, 2.45) is 0 Å². The molecule has 0 radical (unpaired) electrons. The molecule has 1 N–H and O–H groups in total. The first-order valence-electron chi connectivity index (χ1n) is 7.59. The van der Waals surface area contributed by atoms with E-state index in [-0.39, 0.29) is 0 Å². The first-order valence-corrected chi connectivity index (χ1v) is 8.41. The van der Waals surface area contributed by atoms with Crippen molar-refractivity contribution in [2.45, 2.75) is 47.3 Å². The van der Waals surface area contributed by atoms with Gasteiger partial charge in [0.15, 0.2) is 0 Å². The summed E-state index contributed by atoms with van der Waals surface area (Å²) in [4.78, 5) is 2.74. The van der Waals surface area contributed by atoms with Crippen LogP contribution in [0.15, 0.2) is 24.3 Å². The SMILES string of the molecule is CCCNCc1cc(COc2cccc(C)c2C)c(C)s1. The highest BCUT2D eigenvalue weighted by Crippen LogP contribution is 2.25. The van der Waals surface area contributed by atoms with E-state index in [2.05, 4.69) is 51.2 Å². The summed E-state index contributed by atoms with van der Waals surface area (Å²) in [6.45, 7) is 11.3. The van der Waals surface area contributed by atoms with E-state index in [0.717, 1.165) is 18.8 Å². The van der Waals surface area contributed by atoms with Gasteiger partial charge in [-0.25, -0.2) is 0 Å². The van der Waals surface area contributed by atoms with Crippen molar-refractivity contribution in [3.8, 4) is 5.75 Å². The third-order valence-corrected chi connectivity index (χ3v) is 4.83. The van der Waals surface area contributed by atoms with Crippen LogP contribution in [0.25, 0.3) is 0 Å². The standard InChI is InChI=1S/C18H25NOS/c1-5-9-19-11-17-10-16(15(4)21-17)12-20-18-8-6-7-13(2)14(18)3/h6-8,10,19H,5,9,11-12H2,1-4H3. The molecule has 0 aliphatic carbocycles. The number of hydrogen-bond acceptors (Lipinski definition) is 3. The Morgan fingerprint density at radius 1 is 1.19 bits per heavy atom. The zero-order valence-electron chi connectivity index (χ0n) is 13.5. The van der Waals surface area contributed by atoms with E-state index in [1.165, 1.54) is 32.9 Å². The lowest BCUT2D eigenvalue weighted by Gasteiger charge is -2.10. The minimum atomic E-state index is 0.653. The molecule has 3 heteroatoms. The second kappa shape index (κ2) is 7.62. The van der Waals surface area contributed by atoms with Gasteiger partial charge in [0, 0.05) is 21.9 Å². The molecule has 0 saturated carbocycles. The van der Waals surface area contributed by atoms with Gasteiger partial charge in [-0.05, 0) is 57.0 Å². The highest BCUT2D eigenvalue weighted by Gasteiger charge is 2.08. The molecular formula is C18H25NOS. The number of benzene rings is 1. The first-order chi connectivity index (χ1) is 10.1. The summed E-state index contributed by atoms with van der Waals surface area (Å²) in [6, 6.07) is 8.50. The Kier molecular flexibility index (Phi) is 5.83. The van der Waals surface area contributed by atoms with Gasteiger partial charge in [-0.2, -0.15) is 0 Å². The molecule has 0 aliphatic rings. The highest BCUT2D eigenvalue weighted by atomic mass is 32.1. The molecule has 0 unspecified atom stereocenters. The van der Waals surface area contributed by atoms with Gasteiger partial charge in [-0.15, -0.1) is 11.3 Å². The number of hydrogen-bond donors (Lipinski definition) is 1. The summed E-state index contributed by atoms with van der Waals surface area (Å²) in [5.74, 6) is 0.992. The van der Waals surface area contributed by atoms with Crippen LogP contribution in [-0.2, 0) is 13.2 Å². The van der Waals surface area contributed by atoms with Crippen LogP contribution in [0.4, 0.5) is 0 Å². The van der Waals surface area contributed by atoms with Crippen molar-refractivity contribution in [2.75, 3.05) is 6.54 Å². The average Bonchev–Trinajstić information content (AvgIpc) is 2.81. The predicted molar refractivity (Wildman–Crippen MR) is 91.3 cm³/mol. The maximum Gasteiger partial charge on any atom is 0.122 e. The fraction of sp³-hybridized carbons (Fsp3) is 0.444. The van der Waals surface area contributed by atoms with Gasteiger partial charge in [0.05, 0.1) is 0 Å². The fourth-order valence-electron chi connectivity index (χ4n) is 2.24. The minimum Gasteiger partial charge on any atom is -0.489 e. The zero-order chi connectivity index (χ0) is 15.2. The summed E-state index contributed by atoms with van der Waals surface area (Å²) in [5, 5.41) is 3.45. The van der Waals surface area contributed by atoms with Gasteiger partial charge >= 0.3 is 0 Å². The summed E-state index contributed by atoms with van der Waals surface area (Å²) in [7, 11) is 0. The number of ether oxygens (including phenoxy) is 1. The maximum atomic E-state index is 6.01. The second-order valence-corrected chi connectivity index (χ2v) is 6.80. The molecule has 0 spiro atoms. The summed E-state index contributed by atoms with van der Waals surface area (Å²) in [5.41, 5.74) is 3.81. The van der Waals surface area contributed by atoms with Crippen LogP contribution >= 0.6 is 11.3 Å². The Morgan fingerprint density at radius 3 is 2.76 bits per heavy atom. The number of thiophene rings is 1. The van der Waals surface area contributed by atoms with Crippen LogP contribution in [0.5, 0.6) is 5.75 Å². The molecule has 2 aromatic rings. The van der Waals surface area contributed by atoms with E-state index in [1.54, 1.807) is 0 Å². The molecule has 21 heavy (non-hydrogen) atoms. The van der Waals surface area contributed by atoms with Crippen molar-refractivity contribution in [3.63, 3.8) is 0 Å². The van der Waals surface area contributed by atoms with Gasteiger partial charge < -0.3 is 10.1 Å². The molecule has 0 atom stereocenters. The quantitative estimate of drug-likeness (QED) is 0.745. The van der Waals surface area contributed by atoms with E-state index in [1.807, 2.05) is 17.4 Å². The van der Waals surface area contributed by atoms with Gasteiger partial charge in [-0.1, -0.05) is 19.1 Å². The molecule has 0 saturated heterocycles. The Hall–Kier alpha value is -1.32. The average molecular weight is 303 g/mol. The summed E-state index contributed by atoms with van der Waals surface area (Å²) >= 11 is 1.86. The third-order valence-electron chi connectivity index (χ3n) is 3.74. The van der Waals surface area contributed by atoms with Crippen molar-refractivity contribution >= 4 is 11.3 Å². The van der Waals surface area contributed by atoms with E-state index >= 15 is 0 Å². The van der Waals surface area contributed by atoms with Gasteiger partial charge in [0.2, 0.25) is 0 Å². The molecule has 0 aliphatic heterocycles. The van der Waals surface area contributed by atoms with Crippen LogP contribution in [0.3, 0.4) is 0 Å². The van der Waals surface area contributed by atoms with Crippen LogP contribution in [0, 0.1) is 20.8 Å². The molecule has 2 nitrogen and oxygen atoms in total. The maximum absolute atomic E-state index is 6.01. The summed E-state index contributed by atoms with van der Waals surface area (Å²) < 4.78 is 6.01. The van der Waals surface area contributed by atoms with Crippen LogP contribution in [0.1, 0.15) is 39.8 Å². The van der Waals surface area contributed by atoms with E-state index in [9.17, 15) is 0 Å². The third kappa shape index (κ3) is 4.32. The van der Waals surface area contributed by atoms with Crippen molar-refractivity contribution in [1.29, 1.82) is 0 Å². The normalized spacial score (nSPS) is 10.9. The van der Waals surface area contributed by atoms with E-state index in [0.29, 0.717) is 6.61 Å². The van der Waals surface area contributed by atoms with E-state index < -0.39 is 0 Å². The smallest absolute Gasteiger partial charge is 0.122 e. The Morgan fingerprint density at radius 2 is 2.00 bits per heavy atom. The Bertz CT molecular complexity index is 589. The Labute approximate surface area is 132 Å². The molecule has 1 aromatic heterocycles. The first kappa shape index (κ1) is 16.1. The fourth-order valence-corrected chi connectivity index (χ4v) is 3.26. The van der Waals surface area contributed by atoms with Crippen molar-refractivity contribution < 1.29 is 4.74 Å². The van der Waals surface area contributed by atoms with Gasteiger partial charge in [-0.3, -0.25) is 0 Å². The molecule has 0 fully saturated rings. The van der Waals surface area contributed by atoms with Crippen LogP contribution in [-0.4, -0.2) is 6.54 Å². The van der Waals surface area contributed by atoms with Gasteiger partial charge in [0.25, 0.3) is 0 Å². The lowest BCUT2D eigenvalue weighted by molar-refractivity contribution is 0.303. The van der Waals surface area contributed by atoms with Crippen molar-refractivity contribution in [1.82, 2.24) is 5.32 Å². The minimum absolute atomic E-state index is 0.653. The largest absolute Gasteiger partial charge is 0.489 e. The van der Waals surface area contributed by atoms with Gasteiger partial charge in [0.1, 0.15) is 12.4 Å². The molecule has 1 heterocycles. The lowest BCUT2D eigenvalue weighted by Crippen LogP contribution is -2.12. The predicted octanol–water partition coefficient (Wildman–Crippen LogP) is 4.75. The van der Waals surface area contributed by atoms with Crippen LogP contribution < -0.4 is 10.1 Å². The lowest BCUT2D eigenvalue weighted by atomic mass is 10.1. The molecule has 0 amide bonds. The van der Waals surface area contributed by atoms with Crippen LogP contribution in [0.2, 0.25) is 0 Å². The second-order valence-electron chi connectivity index (χ2n) is 5.46. The highest BCUT2D eigenvalue weighted by molar-refractivity contribution is 7.12. The Balaban J connectivity index is 1.98. The number of aryl methyl sites for hydroxylation is 2. The molecule has 114 valence electrons. The molecular weight excluding hydrogens is 278 g/mol. The molecule has 0 bridgehead atoms. The van der Waals surface area contributed by atoms with E-state index in [4.69, 9.17) is 4.74 Å². The summed E-state index contributed by atoms with van der Waals surface area (Å²) in [6.07, 6.45) is 1.17. The number of rotatable bonds is 7. The topological polar surface area (TPSA) is 21.3 Å². The van der Waals surface area contributed by atoms with Crippen molar-refractivity contribution in [3.05, 3.63) is 50.7 Å². The molecule has 1 aromatic carbocycles. The number of nitrogens with one attached hydrogen (secondary N) is 1. The monoisotopic (exact) mass is 303 g/mol. The zero-order valence-corrected chi connectivity index (χ0v) is 14.3.